The van der Waals surface area contributed by atoms with E-state index in [0.717, 1.165) is 17.7 Å². The maximum atomic E-state index is 12.9. The maximum absolute atomic E-state index is 12.9. The molecule has 6 nitrogen and oxygen atoms in total. The molecule has 1 saturated heterocycles. The van der Waals surface area contributed by atoms with E-state index < -0.39 is 22.4 Å². The third-order valence-electron chi connectivity index (χ3n) is 5.02. The van der Waals surface area contributed by atoms with Gasteiger partial charge in [0, 0.05) is 31.6 Å². The van der Waals surface area contributed by atoms with Crippen molar-refractivity contribution >= 4 is 17.3 Å². The summed E-state index contributed by atoms with van der Waals surface area (Å²) in [5.74, 6) is -0.320. The number of carbonyl (C=O) groups is 1. The van der Waals surface area contributed by atoms with E-state index in [2.05, 4.69) is 5.32 Å². The van der Waals surface area contributed by atoms with E-state index >= 15 is 0 Å². The van der Waals surface area contributed by atoms with Crippen LogP contribution >= 0.6 is 0 Å². The van der Waals surface area contributed by atoms with E-state index in [-0.39, 0.29) is 17.5 Å². The van der Waals surface area contributed by atoms with Crippen LogP contribution in [0.4, 0.5) is 24.5 Å². The zero-order valence-electron chi connectivity index (χ0n) is 15.5. The second-order valence-electron chi connectivity index (χ2n) is 6.92. The van der Waals surface area contributed by atoms with Gasteiger partial charge in [-0.2, -0.15) is 13.2 Å². The van der Waals surface area contributed by atoms with Crippen molar-refractivity contribution in [1.29, 1.82) is 0 Å². The van der Waals surface area contributed by atoms with Gasteiger partial charge in [-0.25, -0.2) is 0 Å². The lowest BCUT2D eigenvalue weighted by Gasteiger charge is -2.32. The number of piperidine rings is 1. The molecule has 1 aliphatic heterocycles. The Kier molecular flexibility index (Phi) is 6.05. The zero-order chi connectivity index (χ0) is 21.0. The Morgan fingerprint density at radius 1 is 1.14 bits per heavy atom. The Morgan fingerprint density at radius 2 is 1.79 bits per heavy atom. The summed E-state index contributed by atoms with van der Waals surface area (Å²) in [5.41, 5.74) is -0.500. The highest BCUT2D eigenvalue weighted by molar-refractivity contribution is 5.79. The molecule has 2 aromatic carbocycles. The number of amides is 1. The Bertz CT molecular complexity index is 880. The van der Waals surface area contributed by atoms with Crippen LogP contribution in [0.15, 0.2) is 48.5 Å². The van der Waals surface area contributed by atoms with Gasteiger partial charge in [-0.1, -0.05) is 30.3 Å². The third-order valence-corrected chi connectivity index (χ3v) is 5.02. The van der Waals surface area contributed by atoms with E-state index in [1.807, 2.05) is 30.3 Å². The lowest BCUT2D eigenvalue weighted by atomic mass is 9.95. The lowest BCUT2D eigenvalue weighted by Crippen LogP contribution is -2.40. The molecule has 1 amide bonds. The summed E-state index contributed by atoms with van der Waals surface area (Å²) < 4.78 is 38.6. The summed E-state index contributed by atoms with van der Waals surface area (Å²) in [6.07, 6.45) is -3.70. The van der Waals surface area contributed by atoms with Crippen molar-refractivity contribution in [3.8, 4) is 0 Å². The molecule has 1 N–H and O–H groups in total. The van der Waals surface area contributed by atoms with Crippen molar-refractivity contribution in [2.24, 2.45) is 5.92 Å². The van der Waals surface area contributed by atoms with Crippen LogP contribution in [-0.2, 0) is 17.5 Å². The van der Waals surface area contributed by atoms with E-state index in [1.54, 1.807) is 4.90 Å². The van der Waals surface area contributed by atoms with Gasteiger partial charge in [0.05, 0.1) is 10.5 Å². The Labute approximate surface area is 165 Å². The quantitative estimate of drug-likeness (QED) is 0.597. The average Bonchev–Trinajstić information content (AvgIpc) is 2.71. The highest BCUT2D eigenvalue weighted by Crippen LogP contribution is 2.37. The second-order valence-corrected chi connectivity index (χ2v) is 6.92. The summed E-state index contributed by atoms with van der Waals surface area (Å²) in [6.45, 7) is 1.13. The summed E-state index contributed by atoms with van der Waals surface area (Å²) in [6, 6.07) is 12.0. The number of alkyl halides is 3. The number of nitrogens with one attached hydrogen (secondary N) is 1. The minimum absolute atomic E-state index is 0.0876. The lowest BCUT2D eigenvalue weighted by molar-refractivity contribution is -0.384. The number of rotatable bonds is 5. The van der Waals surface area contributed by atoms with Crippen molar-refractivity contribution in [2.45, 2.75) is 25.6 Å². The van der Waals surface area contributed by atoms with Crippen molar-refractivity contribution in [2.75, 3.05) is 18.0 Å². The van der Waals surface area contributed by atoms with Crippen LogP contribution in [0, 0.1) is 16.0 Å². The van der Waals surface area contributed by atoms with Gasteiger partial charge in [-0.05, 0) is 30.5 Å². The van der Waals surface area contributed by atoms with Gasteiger partial charge in [0.1, 0.15) is 5.69 Å². The highest BCUT2D eigenvalue weighted by atomic mass is 19.4. The minimum Gasteiger partial charge on any atom is -0.366 e. The molecule has 0 spiro atoms. The minimum atomic E-state index is -4.65. The fourth-order valence-corrected chi connectivity index (χ4v) is 3.43. The fraction of sp³-hybridized carbons (Fsp3) is 0.350. The maximum Gasteiger partial charge on any atom is 0.416 e. The number of hydrogen-bond acceptors (Lipinski definition) is 4. The molecular formula is C20H20F3N3O3. The van der Waals surface area contributed by atoms with E-state index in [1.165, 1.54) is 0 Å². The van der Waals surface area contributed by atoms with Crippen molar-refractivity contribution in [3.63, 3.8) is 0 Å². The monoisotopic (exact) mass is 407 g/mol. The van der Waals surface area contributed by atoms with Gasteiger partial charge < -0.3 is 10.2 Å². The first-order valence-electron chi connectivity index (χ1n) is 9.18. The van der Waals surface area contributed by atoms with Gasteiger partial charge in [-0.15, -0.1) is 0 Å². The first kappa shape index (κ1) is 20.6. The molecule has 0 aliphatic carbocycles. The van der Waals surface area contributed by atoms with Crippen molar-refractivity contribution in [1.82, 2.24) is 5.32 Å². The predicted octanol–water partition coefficient (Wildman–Crippen LogP) is 4.15. The molecule has 2 aromatic rings. The van der Waals surface area contributed by atoms with E-state index in [0.29, 0.717) is 38.5 Å². The summed E-state index contributed by atoms with van der Waals surface area (Å²) >= 11 is 0. The molecule has 1 heterocycles. The molecular weight excluding hydrogens is 387 g/mol. The first-order chi connectivity index (χ1) is 13.8. The second kappa shape index (κ2) is 8.50. The molecule has 0 radical (unpaired) electrons. The largest absolute Gasteiger partial charge is 0.416 e. The number of nitro benzene ring substituents is 1. The van der Waals surface area contributed by atoms with Crippen LogP contribution in [0.1, 0.15) is 24.0 Å². The summed E-state index contributed by atoms with van der Waals surface area (Å²) in [4.78, 5) is 24.5. The van der Waals surface area contributed by atoms with Gasteiger partial charge in [0.15, 0.2) is 0 Å². The number of anilines is 1. The smallest absolute Gasteiger partial charge is 0.366 e. The third kappa shape index (κ3) is 5.04. The number of halogens is 3. The molecule has 3 rings (SSSR count). The molecule has 1 aliphatic rings. The number of nitrogens with zero attached hydrogens (tertiary/aromatic N) is 2. The molecule has 0 aromatic heterocycles. The van der Waals surface area contributed by atoms with Crippen LogP contribution in [0.5, 0.6) is 0 Å². The average molecular weight is 407 g/mol. The molecule has 0 atom stereocenters. The molecule has 0 unspecified atom stereocenters. The molecule has 1 fully saturated rings. The van der Waals surface area contributed by atoms with Gasteiger partial charge >= 0.3 is 6.18 Å². The first-order valence-corrected chi connectivity index (χ1v) is 9.18. The van der Waals surface area contributed by atoms with E-state index in [9.17, 15) is 28.1 Å². The number of carbonyl (C=O) groups excluding carboxylic acids is 1. The predicted molar refractivity (Wildman–Crippen MR) is 101 cm³/mol. The molecule has 0 bridgehead atoms. The Hall–Kier alpha value is -3.10. The standard InChI is InChI=1S/C20H20F3N3O3/c21-20(22,23)16-6-7-17(18(12-16)26(28)29)25-10-8-15(9-11-25)19(27)24-13-14-4-2-1-3-5-14/h1-7,12,15H,8-11,13H2,(H,24,27). The topological polar surface area (TPSA) is 75.5 Å². The van der Waals surface area contributed by atoms with Gasteiger partial charge in [0.25, 0.3) is 5.69 Å². The van der Waals surface area contributed by atoms with Crippen LogP contribution in [0.3, 0.4) is 0 Å². The van der Waals surface area contributed by atoms with Crippen molar-refractivity contribution < 1.29 is 22.9 Å². The van der Waals surface area contributed by atoms with Crippen LogP contribution < -0.4 is 10.2 Å². The zero-order valence-corrected chi connectivity index (χ0v) is 15.5. The number of nitro groups is 1. The summed E-state index contributed by atoms with van der Waals surface area (Å²) in [5, 5.41) is 14.2. The van der Waals surface area contributed by atoms with Crippen molar-refractivity contribution in [3.05, 3.63) is 69.8 Å². The van der Waals surface area contributed by atoms with Gasteiger partial charge in [-0.3, -0.25) is 14.9 Å². The summed E-state index contributed by atoms with van der Waals surface area (Å²) in [7, 11) is 0. The Morgan fingerprint density at radius 3 is 2.38 bits per heavy atom. The number of hydrogen-bond donors (Lipinski definition) is 1. The Balaban J connectivity index is 1.63. The molecule has 0 saturated carbocycles. The SMILES string of the molecule is O=C(NCc1ccccc1)C1CCN(c2ccc(C(F)(F)F)cc2[N+](=O)[O-])CC1. The van der Waals surface area contributed by atoms with E-state index in [4.69, 9.17) is 0 Å². The highest BCUT2D eigenvalue weighted by Gasteiger charge is 2.34. The van der Waals surface area contributed by atoms with Crippen LogP contribution in [0.25, 0.3) is 0 Å². The molecule has 29 heavy (non-hydrogen) atoms. The van der Waals surface area contributed by atoms with Crippen LogP contribution in [0.2, 0.25) is 0 Å². The normalized spacial score (nSPS) is 15.2. The fourth-order valence-electron chi connectivity index (χ4n) is 3.43. The van der Waals surface area contributed by atoms with Crippen LogP contribution in [-0.4, -0.2) is 23.9 Å². The van der Waals surface area contributed by atoms with Gasteiger partial charge in [0.2, 0.25) is 5.91 Å². The number of benzene rings is 2. The molecule has 9 heteroatoms. The molecule has 154 valence electrons.